The fourth-order valence-corrected chi connectivity index (χ4v) is 2.34. The molecule has 0 radical (unpaired) electrons. The van der Waals surface area contributed by atoms with Crippen LogP contribution in [0.5, 0.6) is 11.5 Å². The number of carbonyl (C=O) groups is 1. The molecule has 0 saturated carbocycles. The zero-order valence-electron chi connectivity index (χ0n) is 12.1. The third-order valence-electron chi connectivity index (χ3n) is 3.51. The van der Waals surface area contributed by atoms with Gasteiger partial charge in [-0.25, -0.2) is 0 Å². The van der Waals surface area contributed by atoms with Crippen LogP contribution >= 0.6 is 0 Å². The van der Waals surface area contributed by atoms with Crippen LogP contribution in [0.4, 0.5) is 0 Å². The minimum absolute atomic E-state index is 0.0718. The van der Waals surface area contributed by atoms with Crippen molar-refractivity contribution in [1.82, 2.24) is 4.90 Å². The van der Waals surface area contributed by atoms with Gasteiger partial charge in [-0.3, -0.25) is 4.79 Å². The van der Waals surface area contributed by atoms with Crippen molar-refractivity contribution in [2.45, 2.75) is 19.3 Å². The van der Waals surface area contributed by atoms with Gasteiger partial charge >= 0.3 is 0 Å². The predicted molar refractivity (Wildman–Crippen MR) is 79.0 cm³/mol. The van der Waals surface area contributed by atoms with Crippen LogP contribution in [0.3, 0.4) is 0 Å². The Morgan fingerprint density at radius 2 is 1.90 bits per heavy atom. The molecular weight excluding hydrogens is 254 g/mol. The largest absolute Gasteiger partial charge is 0.497 e. The Labute approximate surface area is 120 Å². The van der Waals surface area contributed by atoms with Crippen LogP contribution in [0.15, 0.2) is 24.3 Å². The summed E-state index contributed by atoms with van der Waals surface area (Å²) in [4.78, 5) is 14.0. The highest BCUT2D eigenvalue weighted by Gasteiger charge is 2.13. The number of rotatable bonds is 4. The first-order chi connectivity index (χ1) is 9.74. The van der Waals surface area contributed by atoms with Crippen LogP contribution in [0.25, 0.3) is 6.08 Å². The number of hydrogen-bond donors (Lipinski definition) is 0. The normalized spacial score (nSPS) is 15.4. The zero-order valence-corrected chi connectivity index (χ0v) is 12.1. The Morgan fingerprint density at radius 1 is 1.15 bits per heavy atom. The van der Waals surface area contributed by atoms with Crippen molar-refractivity contribution in [3.05, 3.63) is 29.8 Å². The van der Waals surface area contributed by atoms with E-state index in [-0.39, 0.29) is 5.91 Å². The molecule has 4 heteroatoms. The van der Waals surface area contributed by atoms with Crippen molar-refractivity contribution < 1.29 is 14.3 Å². The van der Waals surface area contributed by atoms with E-state index in [9.17, 15) is 4.79 Å². The standard InChI is InChI=1S/C16H21NO3/c1-19-14-8-6-13(15(12-14)20-2)7-9-16(18)17-10-4-3-5-11-17/h6-9,12H,3-5,10-11H2,1-2H3/b9-7+. The minimum Gasteiger partial charge on any atom is -0.497 e. The van der Waals surface area contributed by atoms with Gasteiger partial charge in [0.15, 0.2) is 0 Å². The van der Waals surface area contributed by atoms with Gasteiger partial charge in [0.05, 0.1) is 14.2 Å². The van der Waals surface area contributed by atoms with Crippen LogP contribution in [-0.2, 0) is 4.79 Å². The molecule has 1 saturated heterocycles. The van der Waals surface area contributed by atoms with E-state index in [0.29, 0.717) is 5.75 Å². The Morgan fingerprint density at radius 3 is 2.55 bits per heavy atom. The number of carbonyl (C=O) groups excluding carboxylic acids is 1. The van der Waals surface area contributed by atoms with Crippen molar-refractivity contribution in [2.24, 2.45) is 0 Å². The molecule has 4 nitrogen and oxygen atoms in total. The Hall–Kier alpha value is -1.97. The molecule has 1 aliphatic rings. The van der Waals surface area contributed by atoms with E-state index in [1.807, 2.05) is 23.1 Å². The zero-order chi connectivity index (χ0) is 14.4. The second-order valence-electron chi connectivity index (χ2n) is 4.83. The first-order valence-corrected chi connectivity index (χ1v) is 6.93. The summed E-state index contributed by atoms with van der Waals surface area (Å²) >= 11 is 0. The average molecular weight is 275 g/mol. The van der Waals surface area contributed by atoms with Crippen LogP contribution in [0.2, 0.25) is 0 Å². The predicted octanol–water partition coefficient (Wildman–Crippen LogP) is 2.73. The third-order valence-corrected chi connectivity index (χ3v) is 3.51. The van der Waals surface area contributed by atoms with Gasteiger partial charge < -0.3 is 14.4 Å². The first-order valence-electron chi connectivity index (χ1n) is 6.93. The van der Waals surface area contributed by atoms with Crippen LogP contribution in [0.1, 0.15) is 24.8 Å². The van der Waals surface area contributed by atoms with Gasteiger partial charge in [-0.2, -0.15) is 0 Å². The van der Waals surface area contributed by atoms with Gasteiger partial charge in [-0.05, 0) is 37.5 Å². The van der Waals surface area contributed by atoms with Gasteiger partial charge in [0, 0.05) is 30.8 Å². The highest BCUT2D eigenvalue weighted by molar-refractivity contribution is 5.92. The number of benzene rings is 1. The number of piperidine rings is 1. The van der Waals surface area contributed by atoms with Gasteiger partial charge in [0.25, 0.3) is 0 Å². The van der Waals surface area contributed by atoms with Crippen LogP contribution in [0, 0.1) is 0 Å². The quantitative estimate of drug-likeness (QED) is 0.793. The molecule has 2 rings (SSSR count). The van der Waals surface area contributed by atoms with E-state index >= 15 is 0 Å². The molecule has 20 heavy (non-hydrogen) atoms. The van der Waals surface area contributed by atoms with Crippen LogP contribution in [-0.4, -0.2) is 38.1 Å². The summed E-state index contributed by atoms with van der Waals surface area (Å²) in [7, 11) is 3.22. The molecule has 1 aromatic rings. The fourth-order valence-electron chi connectivity index (χ4n) is 2.34. The molecule has 1 fully saturated rings. The smallest absolute Gasteiger partial charge is 0.246 e. The summed E-state index contributed by atoms with van der Waals surface area (Å²) in [5.74, 6) is 1.51. The molecule has 1 heterocycles. The molecular formula is C16H21NO3. The molecule has 1 amide bonds. The number of hydrogen-bond acceptors (Lipinski definition) is 3. The Kier molecular flexibility index (Phi) is 5.04. The molecule has 0 aliphatic carbocycles. The van der Waals surface area contributed by atoms with Gasteiger partial charge in [-0.1, -0.05) is 0 Å². The summed E-state index contributed by atoms with van der Waals surface area (Å²) in [6, 6.07) is 5.55. The molecule has 1 aromatic carbocycles. The second-order valence-corrected chi connectivity index (χ2v) is 4.83. The summed E-state index contributed by atoms with van der Waals surface area (Å²) in [5, 5.41) is 0. The lowest BCUT2D eigenvalue weighted by Gasteiger charge is -2.25. The summed E-state index contributed by atoms with van der Waals surface area (Å²) in [6.07, 6.45) is 6.85. The number of ether oxygens (including phenoxy) is 2. The van der Waals surface area contributed by atoms with Crippen molar-refractivity contribution in [1.29, 1.82) is 0 Å². The average Bonchev–Trinajstić information content (AvgIpc) is 2.53. The second kappa shape index (κ2) is 6.98. The van der Waals surface area contributed by atoms with E-state index in [4.69, 9.17) is 9.47 Å². The van der Waals surface area contributed by atoms with Crippen molar-refractivity contribution in [3.8, 4) is 11.5 Å². The van der Waals surface area contributed by atoms with Gasteiger partial charge in [0.1, 0.15) is 11.5 Å². The molecule has 0 bridgehead atoms. The highest BCUT2D eigenvalue weighted by atomic mass is 16.5. The lowest BCUT2D eigenvalue weighted by molar-refractivity contribution is -0.126. The number of methoxy groups -OCH3 is 2. The number of nitrogens with zero attached hydrogens (tertiary/aromatic N) is 1. The van der Waals surface area contributed by atoms with Crippen molar-refractivity contribution in [3.63, 3.8) is 0 Å². The van der Waals surface area contributed by atoms with E-state index in [0.717, 1.165) is 37.2 Å². The monoisotopic (exact) mass is 275 g/mol. The van der Waals surface area contributed by atoms with Crippen molar-refractivity contribution >= 4 is 12.0 Å². The van der Waals surface area contributed by atoms with E-state index < -0.39 is 0 Å². The summed E-state index contributed by atoms with van der Waals surface area (Å²) in [5.41, 5.74) is 0.874. The third kappa shape index (κ3) is 3.53. The molecule has 108 valence electrons. The summed E-state index contributed by atoms with van der Waals surface area (Å²) < 4.78 is 10.5. The fraction of sp³-hybridized carbons (Fsp3) is 0.438. The van der Waals surface area contributed by atoms with Gasteiger partial charge in [-0.15, -0.1) is 0 Å². The number of likely N-dealkylation sites (tertiary alicyclic amines) is 1. The first kappa shape index (κ1) is 14.4. The van der Waals surface area contributed by atoms with Gasteiger partial charge in [0.2, 0.25) is 5.91 Å². The Bertz CT molecular complexity index is 490. The van der Waals surface area contributed by atoms with Crippen molar-refractivity contribution in [2.75, 3.05) is 27.3 Å². The topological polar surface area (TPSA) is 38.8 Å². The lowest BCUT2D eigenvalue weighted by Crippen LogP contribution is -2.34. The number of amides is 1. The maximum absolute atomic E-state index is 12.1. The molecule has 1 aliphatic heterocycles. The molecule has 0 aromatic heterocycles. The summed E-state index contributed by atoms with van der Waals surface area (Å²) in [6.45, 7) is 1.73. The van der Waals surface area contributed by atoms with E-state index in [1.54, 1.807) is 26.4 Å². The van der Waals surface area contributed by atoms with E-state index in [1.165, 1.54) is 6.42 Å². The molecule has 0 atom stereocenters. The lowest BCUT2D eigenvalue weighted by atomic mass is 10.1. The highest BCUT2D eigenvalue weighted by Crippen LogP contribution is 2.25. The Balaban J connectivity index is 2.08. The molecule has 0 N–H and O–H groups in total. The van der Waals surface area contributed by atoms with E-state index in [2.05, 4.69) is 0 Å². The molecule has 0 unspecified atom stereocenters. The SMILES string of the molecule is COc1ccc(/C=C/C(=O)N2CCCCC2)c(OC)c1. The molecule has 0 spiro atoms. The minimum atomic E-state index is 0.0718. The maximum atomic E-state index is 12.1. The maximum Gasteiger partial charge on any atom is 0.246 e. The van der Waals surface area contributed by atoms with Crippen LogP contribution < -0.4 is 9.47 Å².